The molecule has 1 aromatic heterocycles. The predicted molar refractivity (Wildman–Crippen MR) is 156 cm³/mol. The van der Waals surface area contributed by atoms with Crippen LogP contribution >= 0.6 is 11.3 Å². The van der Waals surface area contributed by atoms with Gasteiger partial charge in [0.1, 0.15) is 6.67 Å². The fourth-order valence-corrected chi connectivity index (χ4v) is 6.16. The zero-order valence-electron chi connectivity index (χ0n) is 23.5. The van der Waals surface area contributed by atoms with Crippen molar-refractivity contribution < 1.29 is 9.53 Å². The van der Waals surface area contributed by atoms with E-state index in [-0.39, 0.29) is 5.97 Å². The molecule has 208 valence electrons. The Balaban J connectivity index is 1.70. The molecule has 0 N–H and O–H groups in total. The Morgan fingerprint density at radius 3 is 2.41 bits per heavy atom. The number of aryl methyl sites for hydroxylation is 1. The van der Waals surface area contributed by atoms with Gasteiger partial charge in [0.25, 0.3) is 11.4 Å². The Labute approximate surface area is 228 Å². The number of carbonyl (C=O) groups excluding carboxylic acids is 1. The summed E-state index contributed by atoms with van der Waals surface area (Å²) in [6.07, 6.45) is 15.6. The molecule has 0 saturated carbocycles. The molecule has 0 amide bonds. The van der Waals surface area contributed by atoms with Crippen LogP contribution in [0.25, 0.3) is 10.2 Å². The maximum Gasteiger partial charge on any atom is 0.310 e. The molecule has 1 aromatic carbocycles. The smallest absolute Gasteiger partial charge is 0.310 e. The highest BCUT2D eigenvalue weighted by molar-refractivity contribution is 7.22. The lowest BCUT2D eigenvalue weighted by Crippen LogP contribution is -2.50. The van der Waals surface area contributed by atoms with Crippen LogP contribution in [0.1, 0.15) is 116 Å². The molecule has 0 radical (unpaired) electrons. The summed E-state index contributed by atoms with van der Waals surface area (Å²) >= 11 is 1.46. The molecular formula is C30H49N3O3S. The lowest BCUT2D eigenvalue weighted by Gasteiger charge is -2.38. The number of hydrogen-bond acceptors (Lipinski definition) is 6. The zero-order valence-corrected chi connectivity index (χ0v) is 24.3. The summed E-state index contributed by atoms with van der Waals surface area (Å²) < 4.78 is 6.24. The number of hydrogen-bond donors (Lipinski definition) is 0. The van der Waals surface area contributed by atoms with Crippen molar-refractivity contribution >= 4 is 32.7 Å². The Kier molecular flexibility index (Phi) is 12.8. The van der Waals surface area contributed by atoms with Gasteiger partial charge >= 0.3 is 5.97 Å². The number of aromatic nitrogens is 1. The summed E-state index contributed by atoms with van der Waals surface area (Å²) in [5.41, 5.74) is 2.17. The molecule has 7 heteroatoms. The standard InChI is InChI=1S/C30H49N3O3S/c1-4-7-10-13-15-18-29(34)36-28-23-32(21-16-12-9-6-3)24-33(28,35)30-31-26-22-25(17-14-11-8-5-2)19-20-27(26)37-30/h19-20,22,28H,4-18,21,23-24H2,1-3H3. The van der Waals surface area contributed by atoms with E-state index in [1.807, 2.05) is 0 Å². The van der Waals surface area contributed by atoms with Gasteiger partial charge in [0.05, 0.1) is 16.8 Å². The van der Waals surface area contributed by atoms with Gasteiger partial charge in [-0.05, 0) is 43.4 Å². The number of rotatable bonds is 18. The number of nitrogens with zero attached hydrogens (tertiary/aromatic N) is 3. The molecule has 2 aromatic rings. The number of carbonyl (C=O) groups is 1. The topological polar surface area (TPSA) is 65.5 Å². The lowest BCUT2D eigenvalue weighted by atomic mass is 10.1. The molecule has 2 unspecified atom stereocenters. The second-order valence-corrected chi connectivity index (χ2v) is 11.8. The number of unbranched alkanes of at least 4 members (excludes halogenated alkanes) is 10. The number of esters is 1. The Morgan fingerprint density at radius 1 is 1.00 bits per heavy atom. The Morgan fingerprint density at radius 2 is 1.68 bits per heavy atom. The molecule has 3 rings (SSSR count). The first-order chi connectivity index (χ1) is 18.0. The monoisotopic (exact) mass is 531 g/mol. The summed E-state index contributed by atoms with van der Waals surface area (Å²) in [6.45, 7) is 8.26. The highest BCUT2D eigenvalue weighted by atomic mass is 32.1. The Bertz CT molecular complexity index is 949. The average molecular weight is 532 g/mol. The van der Waals surface area contributed by atoms with Crippen LogP contribution in [0.5, 0.6) is 0 Å². The fourth-order valence-electron chi connectivity index (χ4n) is 5.15. The van der Waals surface area contributed by atoms with Gasteiger partial charge in [0.15, 0.2) is 0 Å². The van der Waals surface area contributed by atoms with Crippen LogP contribution in [-0.4, -0.2) is 41.8 Å². The molecule has 2 heterocycles. The number of thiazole rings is 1. The van der Waals surface area contributed by atoms with E-state index in [4.69, 9.17) is 9.72 Å². The fraction of sp³-hybridized carbons (Fsp3) is 0.733. The van der Waals surface area contributed by atoms with Gasteiger partial charge in [-0.25, -0.2) is 4.90 Å². The van der Waals surface area contributed by atoms with E-state index >= 15 is 0 Å². The van der Waals surface area contributed by atoms with Crippen LogP contribution in [0.15, 0.2) is 18.2 Å². The van der Waals surface area contributed by atoms with Crippen molar-refractivity contribution in [3.63, 3.8) is 0 Å². The number of fused-ring (bicyclic) bond motifs is 1. The molecule has 37 heavy (non-hydrogen) atoms. The highest BCUT2D eigenvalue weighted by Gasteiger charge is 2.46. The first-order valence-corrected chi connectivity index (χ1v) is 15.7. The molecular weight excluding hydrogens is 482 g/mol. The maximum atomic E-state index is 14.3. The highest BCUT2D eigenvalue weighted by Crippen LogP contribution is 2.38. The number of quaternary nitrogens is 1. The Hall–Kier alpha value is -1.54. The largest absolute Gasteiger partial charge is 0.622 e. The average Bonchev–Trinajstić information content (AvgIpc) is 3.46. The normalized spacial score (nSPS) is 20.2. The van der Waals surface area contributed by atoms with Gasteiger partial charge in [0, 0.05) is 13.0 Å². The van der Waals surface area contributed by atoms with Gasteiger partial charge in [-0.2, -0.15) is 4.98 Å². The van der Waals surface area contributed by atoms with Crippen molar-refractivity contribution in [2.75, 3.05) is 19.8 Å². The molecule has 1 fully saturated rings. The third kappa shape index (κ3) is 9.02. The number of hydroxylamine groups is 2. The van der Waals surface area contributed by atoms with Gasteiger partial charge in [-0.1, -0.05) is 102 Å². The van der Waals surface area contributed by atoms with Crippen LogP contribution in [0.4, 0.5) is 5.13 Å². The van der Waals surface area contributed by atoms with Crippen LogP contribution in [0, 0.1) is 5.21 Å². The van der Waals surface area contributed by atoms with Crippen LogP contribution in [0.3, 0.4) is 0 Å². The van der Waals surface area contributed by atoms with E-state index in [0.717, 1.165) is 55.3 Å². The van der Waals surface area contributed by atoms with Gasteiger partial charge in [-0.3, -0.25) is 9.44 Å². The van der Waals surface area contributed by atoms with E-state index in [1.165, 1.54) is 68.3 Å². The molecule has 0 aliphatic carbocycles. The number of benzene rings is 1. The minimum Gasteiger partial charge on any atom is -0.622 e. The van der Waals surface area contributed by atoms with Crippen LogP contribution in [0.2, 0.25) is 0 Å². The molecule has 0 bridgehead atoms. The van der Waals surface area contributed by atoms with Crippen molar-refractivity contribution in [2.24, 2.45) is 0 Å². The minimum absolute atomic E-state index is 0.247. The third-order valence-electron chi connectivity index (χ3n) is 7.45. The van der Waals surface area contributed by atoms with Crippen LogP contribution < -0.4 is 4.65 Å². The van der Waals surface area contributed by atoms with Crippen molar-refractivity contribution in [2.45, 2.75) is 123 Å². The first-order valence-electron chi connectivity index (χ1n) is 14.9. The SMILES string of the molecule is CCCCCCCC(=O)OC1CN(CCCCCC)C[N+]1([O-])c1nc2cc(CCCCCC)ccc2s1. The second kappa shape index (κ2) is 15.8. The maximum absolute atomic E-state index is 14.3. The number of ether oxygens (including phenoxy) is 1. The molecule has 6 nitrogen and oxygen atoms in total. The predicted octanol–water partition coefficient (Wildman–Crippen LogP) is 8.31. The van der Waals surface area contributed by atoms with E-state index in [9.17, 15) is 10.0 Å². The van der Waals surface area contributed by atoms with Crippen molar-refractivity contribution in [1.82, 2.24) is 14.5 Å². The quantitative estimate of drug-likeness (QED) is 0.0837. The summed E-state index contributed by atoms with van der Waals surface area (Å²) in [5, 5.41) is 14.9. The van der Waals surface area contributed by atoms with E-state index in [2.05, 4.69) is 43.9 Å². The molecule has 1 aliphatic heterocycles. The van der Waals surface area contributed by atoms with Gasteiger partial charge < -0.3 is 9.94 Å². The summed E-state index contributed by atoms with van der Waals surface area (Å²) in [4.78, 5) is 19.7. The lowest BCUT2D eigenvalue weighted by molar-refractivity contribution is -0.153. The van der Waals surface area contributed by atoms with Crippen molar-refractivity contribution in [1.29, 1.82) is 0 Å². The molecule has 2 atom stereocenters. The second-order valence-electron chi connectivity index (χ2n) is 10.8. The zero-order chi connectivity index (χ0) is 26.5. The summed E-state index contributed by atoms with van der Waals surface area (Å²) in [5.74, 6) is -0.247. The van der Waals surface area contributed by atoms with E-state index < -0.39 is 10.9 Å². The van der Waals surface area contributed by atoms with E-state index in [0.29, 0.717) is 24.8 Å². The van der Waals surface area contributed by atoms with Gasteiger partial charge in [-0.15, -0.1) is 0 Å². The van der Waals surface area contributed by atoms with Gasteiger partial charge in [0.2, 0.25) is 0 Å². The molecule has 0 spiro atoms. The minimum atomic E-state index is -0.747. The van der Waals surface area contributed by atoms with E-state index in [1.54, 1.807) is 0 Å². The summed E-state index contributed by atoms with van der Waals surface area (Å²) in [6, 6.07) is 6.42. The van der Waals surface area contributed by atoms with Crippen molar-refractivity contribution in [3.8, 4) is 0 Å². The van der Waals surface area contributed by atoms with Crippen LogP contribution in [-0.2, 0) is 16.0 Å². The first kappa shape index (κ1) is 30.0. The summed E-state index contributed by atoms with van der Waals surface area (Å²) in [7, 11) is 0. The third-order valence-corrected chi connectivity index (χ3v) is 8.60. The molecule has 1 aliphatic rings. The molecule has 1 saturated heterocycles. The van der Waals surface area contributed by atoms with Crippen molar-refractivity contribution in [3.05, 3.63) is 29.0 Å².